The van der Waals surface area contributed by atoms with Crippen molar-refractivity contribution in [2.45, 2.75) is 18.8 Å². The van der Waals surface area contributed by atoms with E-state index in [4.69, 9.17) is 11.6 Å². The van der Waals surface area contributed by atoms with Gasteiger partial charge < -0.3 is 0 Å². The normalized spacial score (nSPS) is 36.0. The van der Waals surface area contributed by atoms with Crippen LogP contribution in [0.1, 0.15) is 13.3 Å². The van der Waals surface area contributed by atoms with Crippen LogP contribution in [0, 0.1) is 5.92 Å². The first-order chi connectivity index (χ1) is 4.20. The second-order valence-electron chi connectivity index (χ2n) is 2.24. The molecule has 0 bridgehead atoms. The number of carbonyl (C=O) groups excluding carboxylic acids is 1. The fraction of sp³-hybridized carbons (Fsp3) is 0.800. The Hall–Kier alpha value is -0.280. The maximum Gasteiger partial charge on any atom is 0.237 e. The van der Waals surface area contributed by atoms with E-state index in [1.165, 1.54) is 0 Å². The van der Waals surface area contributed by atoms with Crippen LogP contribution in [0.3, 0.4) is 0 Å². The number of halogens is 1. The molecular weight excluding hydrogens is 140 g/mol. The van der Waals surface area contributed by atoms with Gasteiger partial charge in [-0.1, -0.05) is 6.92 Å². The predicted octanol–water partition coefficient (Wildman–Crippen LogP) is 0.212. The average Bonchev–Trinajstić information content (AvgIpc) is 1.80. The molecule has 0 saturated carbocycles. The minimum Gasteiger partial charge on any atom is -0.290 e. The first-order valence-corrected chi connectivity index (χ1v) is 3.33. The smallest absolute Gasteiger partial charge is 0.237 e. The quantitative estimate of drug-likeness (QED) is 0.381. The van der Waals surface area contributed by atoms with Gasteiger partial charge in [0.1, 0.15) is 5.50 Å². The predicted molar refractivity (Wildman–Crippen MR) is 34.7 cm³/mol. The summed E-state index contributed by atoms with van der Waals surface area (Å²) in [7, 11) is 0. The number of alkyl halides is 1. The summed E-state index contributed by atoms with van der Waals surface area (Å²) < 4.78 is 0. The zero-order valence-electron chi connectivity index (χ0n) is 5.15. The maximum atomic E-state index is 10.7. The molecule has 9 heavy (non-hydrogen) atoms. The zero-order chi connectivity index (χ0) is 6.85. The molecule has 1 rings (SSSR count). The summed E-state index contributed by atoms with van der Waals surface area (Å²) in [6.07, 6.45) is 0.702. The molecule has 0 aliphatic carbocycles. The molecule has 52 valence electrons. The summed E-state index contributed by atoms with van der Waals surface area (Å²) in [4.78, 5) is 10.7. The standard InChI is InChI=1S/C5H9ClN2O/c1-3-2-4(6)7-8-5(3)9/h3-4,7H,2H2,1H3,(H,8,9). The molecule has 0 spiro atoms. The Labute approximate surface area is 58.7 Å². The van der Waals surface area contributed by atoms with E-state index in [1.807, 2.05) is 6.92 Å². The molecular formula is C5H9ClN2O. The largest absolute Gasteiger partial charge is 0.290 e. The zero-order valence-corrected chi connectivity index (χ0v) is 5.90. The van der Waals surface area contributed by atoms with Crippen LogP contribution in [0.25, 0.3) is 0 Å². The van der Waals surface area contributed by atoms with Crippen molar-refractivity contribution in [1.29, 1.82) is 0 Å². The van der Waals surface area contributed by atoms with Gasteiger partial charge in [0, 0.05) is 5.92 Å². The monoisotopic (exact) mass is 148 g/mol. The van der Waals surface area contributed by atoms with Gasteiger partial charge in [0.05, 0.1) is 0 Å². The third-order valence-electron chi connectivity index (χ3n) is 1.36. The molecule has 4 heteroatoms. The van der Waals surface area contributed by atoms with Gasteiger partial charge in [0.2, 0.25) is 5.91 Å². The molecule has 1 fully saturated rings. The van der Waals surface area contributed by atoms with Gasteiger partial charge in [-0.2, -0.15) is 0 Å². The van der Waals surface area contributed by atoms with Gasteiger partial charge in [-0.3, -0.25) is 10.2 Å². The Bertz CT molecular complexity index is 128. The fourth-order valence-corrected chi connectivity index (χ4v) is 1.07. The number of hydrogen-bond donors (Lipinski definition) is 2. The highest BCUT2D eigenvalue weighted by Gasteiger charge is 2.22. The summed E-state index contributed by atoms with van der Waals surface area (Å²) in [5.74, 6) is 0.0562. The first-order valence-electron chi connectivity index (χ1n) is 2.89. The Kier molecular flexibility index (Phi) is 1.93. The second kappa shape index (κ2) is 2.54. The van der Waals surface area contributed by atoms with Gasteiger partial charge in [-0.15, -0.1) is 11.6 Å². The summed E-state index contributed by atoms with van der Waals surface area (Å²) in [6.45, 7) is 1.85. The number of hydrazine groups is 1. The third-order valence-corrected chi connectivity index (χ3v) is 1.65. The minimum atomic E-state index is -0.113. The van der Waals surface area contributed by atoms with E-state index < -0.39 is 0 Å². The summed E-state index contributed by atoms with van der Waals surface area (Å²) in [5.41, 5.74) is 4.98. The van der Waals surface area contributed by atoms with Crippen LogP contribution in [0.4, 0.5) is 0 Å². The molecule has 2 N–H and O–H groups in total. The van der Waals surface area contributed by atoms with Crippen molar-refractivity contribution in [2.24, 2.45) is 5.92 Å². The lowest BCUT2D eigenvalue weighted by atomic mass is 10.1. The molecule has 1 amide bonds. The molecule has 0 aromatic rings. The number of rotatable bonds is 0. The number of nitrogens with one attached hydrogen (secondary N) is 2. The molecule has 1 aliphatic heterocycles. The lowest BCUT2D eigenvalue weighted by Gasteiger charge is -2.23. The van der Waals surface area contributed by atoms with E-state index in [0.717, 1.165) is 0 Å². The van der Waals surface area contributed by atoms with E-state index in [9.17, 15) is 4.79 Å². The summed E-state index contributed by atoms with van der Waals surface area (Å²) >= 11 is 5.65. The van der Waals surface area contributed by atoms with Gasteiger partial charge in [-0.05, 0) is 6.42 Å². The first kappa shape index (κ1) is 6.83. The molecule has 1 aliphatic rings. The fourth-order valence-electron chi connectivity index (χ4n) is 0.749. The Balaban J connectivity index is 2.44. The SMILES string of the molecule is CC1CC(Cl)NNC1=O. The highest BCUT2D eigenvalue weighted by Crippen LogP contribution is 2.11. The van der Waals surface area contributed by atoms with Crippen molar-refractivity contribution in [1.82, 2.24) is 10.9 Å². The van der Waals surface area contributed by atoms with Crippen LogP contribution >= 0.6 is 11.6 Å². The summed E-state index contributed by atoms with van der Waals surface area (Å²) in [5, 5.41) is 0. The maximum absolute atomic E-state index is 10.7. The van der Waals surface area contributed by atoms with Gasteiger partial charge in [0.15, 0.2) is 0 Å². The van der Waals surface area contributed by atoms with Crippen LogP contribution in [0.15, 0.2) is 0 Å². The minimum absolute atomic E-state index is 0.0203. The van der Waals surface area contributed by atoms with E-state index in [2.05, 4.69) is 10.9 Å². The summed E-state index contributed by atoms with van der Waals surface area (Å²) in [6, 6.07) is 0. The highest BCUT2D eigenvalue weighted by atomic mass is 35.5. The Morgan fingerprint density at radius 1 is 1.78 bits per heavy atom. The van der Waals surface area contributed by atoms with Crippen LogP contribution in [0.5, 0.6) is 0 Å². The van der Waals surface area contributed by atoms with Gasteiger partial charge in [0.25, 0.3) is 0 Å². The van der Waals surface area contributed by atoms with E-state index >= 15 is 0 Å². The average molecular weight is 149 g/mol. The molecule has 1 saturated heterocycles. The van der Waals surface area contributed by atoms with Crippen LogP contribution in [0.2, 0.25) is 0 Å². The van der Waals surface area contributed by atoms with Crippen molar-refractivity contribution in [3.8, 4) is 0 Å². The van der Waals surface area contributed by atoms with Gasteiger partial charge in [-0.25, -0.2) is 5.43 Å². The molecule has 2 unspecified atom stereocenters. The molecule has 3 nitrogen and oxygen atoms in total. The molecule has 0 aromatic heterocycles. The lowest BCUT2D eigenvalue weighted by molar-refractivity contribution is -0.127. The molecule has 2 atom stereocenters. The van der Waals surface area contributed by atoms with Crippen molar-refractivity contribution in [3.63, 3.8) is 0 Å². The van der Waals surface area contributed by atoms with Gasteiger partial charge >= 0.3 is 0 Å². The Morgan fingerprint density at radius 2 is 2.44 bits per heavy atom. The third kappa shape index (κ3) is 1.56. The number of amides is 1. The van der Waals surface area contributed by atoms with Crippen LogP contribution in [-0.4, -0.2) is 11.4 Å². The second-order valence-corrected chi connectivity index (χ2v) is 2.76. The van der Waals surface area contributed by atoms with E-state index in [-0.39, 0.29) is 17.3 Å². The molecule has 0 aromatic carbocycles. The van der Waals surface area contributed by atoms with E-state index in [0.29, 0.717) is 6.42 Å². The lowest BCUT2D eigenvalue weighted by Crippen LogP contribution is -2.50. The molecule has 0 radical (unpaired) electrons. The van der Waals surface area contributed by atoms with Crippen molar-refractivity contribution < 1.29 is 4.79 Å². The highest BCUT2D eigenvalue weighted by molar-refractivity contribution is 6.20. The number of carbonyl (C=O) groups is 1. The van der Waals surface area contributed by atoms with Crippen LogP contribution < -0.4 is 10.9 Å². The van der Waals surface area contributed by atoms with Crippen molar-refractivity contribution in [3.05, 3.63) is 0 Å². The van der Waals surface area contributed by atoms with Crippen LogP contribution in [-0.2, 0) is 4.79 Å². The molecule has 1 heterocycles. The topological polar surface area (TPSA) is 41.1 Å². The van der Waals surface area contributed by atoms with E-state index in [1.54, 1.807) is 0 Å². The Morgan fingerprint density at radius 3 is 2.89 bits per heavy atom. The van der Waals surface area contributed by atoms with Crippen molar-refractivity contribution in [2.75, 3.05) is 0 Å². The number of hydrogen-bond acceptors (Lipinski definition) is 2. The van der Waals surface area contributed by atoms with Crippen molar-refractivity contribution >= 4 is 17.5 Å².